The Balaban J connectivity index is 2.13. The van der Waals surface area contributed by atoms with Crippen molar-refractivity contribution in [1.29, 1.82) is 0 Å². The first-order valence-electron chi connectivity index (χ1n) is 4.32. The quantitative estimate of drug-likeness (QED) is 0.691. The van der Waals surface area contributed by atoms with Crippen molar-refractivity contribution in [3.63, 3.8) is 0 Å². The second kappa shape index (κ2) is 3.49. The summed E-state index contributed by atoms with van der Waals surface area (Å²) in [6.07, 6.45) is 3.16. The lowest BCUT2D eigenvalue weighted by Gasteiger charge is -2.00. The van der Waals surface area contributed by atoms with E-state index in [1.54, 1.807) is 23.0 Å². The molecule has 0 spiro atoms. The lowest BCUT2D eigenvalue weighted by Crippen LogP contribution is -2.12. The molecule has 0 radical (unpaired) electrons. The molecular formula is C10H10N2O2. The van der Waals surface area contributed by atoms with E-state index < -0.39 is 0 Å². The number of rotatable bonds is 3. The summed E-state index contributed by atoms with van der Waals surface area (Å²) < 4.78 is 6.64. The average Bonchev–Trinajstić information content (AvgIpc) is 2.77. The Morgan fingerprint density at radius 2 is 2.43 bits per heavy atom. The van der Waals surface area contributed by atoms with Gasteiger partial charge >= 0.3 is 0 Å². The number of nitrogens with zero attached hydrogens (tertiary/aromatic N) is 2. The van der Waals surface area contributed by atoms with E-state index in [0.29, 0.717) is 5.76 Å². The SMILES string of the molecule is Cc1ccnn1CC(=O)c1ccco1. The van der Waals surface area contributed by atoms with E-state index >= 15 is 0 Å². The first-order valence-corrected chi connectivity index (χ1v) is 4.32. The summed E-state index contributed by atoms with van der Waals surface area (Å²) in [5, 5.41) is 4.02. The third-order valence-electron chi connectivity index (χ3n) is 2.02. The number of hydrogen-bond acceptors (Lipinski definition) is 3. The average molecular weight is 190 g/mol. The molecule has 0 N–H and O–H groups in total. The number of hydrogen-bond donors (Lipinski definition) is 0. The molecule has 0 aliphatic rings. The van der Waals surface area contributed by atoms with Gasteiger partial charge in [-0.15, -0.1) is 0 Å². The van der Waals surface area contributed by atoms with E-state index in [4.69, 9.17) is 4.42 Å². The maximum absolute atomic E-state index is 11.6. The lowest BCUT2D eigenvalue weighted by atomic mass is 10.3. The summed E-state index contributed by atoms with van der Waals surface area (Å²) in [6, 6.07) is 5.21. The van der Waals surface area contributed by atoms with Gasteiger partial charge in [-0.3, -0.25) is 9.48 Å². The second-order valence-electron chi connectivity index (χ2n) is 3.03. The van der Waals surface area contributed by atoms with Crippen molar-refractivity contribution in [2.75, 3.05) is 0 Å². The number of carbonyl (C=O) groups excluding carboxylic acids is 1. The third-order valence-corrected chi connectivity index (χ3v) is 2.02. The van der Waals surface area contributed by atoms with Crippen LogP contribution in [0.15, 0.2) is 35.1 Å². The van der Waals surface area contributed by atoms with Crippen molar-refractivity contribution < 1.29 is 9.21 Å². The zero-order valence-electron chi connectivity index (χ0n) is 7.80. The van der Waals surface area contributed by atoms with Crippen LogP contribution in [0.1, 0.15) is 16.2 Å². The molecule has 0 aliphatic heterocycles. The van der Waals surface area contributed by atoms with Gasteiger partial charge in [-0.1, -0.05) is 0 Å². The van der Waals surface area contributed by atoms with Crippen LogP contribution in [-0.2, 0) is 6.54 Å². The molecule has 0 bridgehead atoms. The molecule has 2 rings (SSSR count). The number of carbonyl (C=O) groups is 1. The summed E-state index contributed by atoms with van der Waals surface area (Å²) in [7, 11) is 0. The van der Waals surface area contributed by atoms with Crippen molar-refractivity contribution in [2.45, 2.75) is 13.5 Å². The van der Waals surface area contributed by atoms with Crippen molar-refractivity contribution in [3.05, 3.63) is 42.1 Å². The normalized spacial score (nSPS) is 10.4. The highest BCUT2D eigenvalue weighted by Crippen LogP contribution is 2.04. The monoisotopic (exact) mass is 190 g/mol. The molecule has 4 nitrogen and oxygen atoms in total. The minimum Gasteiger partial charge on any atom is -0.461 e. The van der Waals surface area contributed by atoms with Crippen molar-refractivity contribution >= 4 is 5.78 Å². The van der Waals surface area contributed by atoms with Gasteiger partial charge in [-0.05, 0) is 25.1 Å². The summed E-state index contributed by atoms with van der Waals surface area (Å²) in [6.45, 7) is 2.13. The topological polar surface area (TPSA) is 48.0 Å². The molecule has 0 unspecified atom stereocenters. The number of furan rings is 1. The second-order valence-corrected chi connectivity index (χ2v) is 3.03. The van der Waals surface area contributed by atoms with Gasteiger partial charge in [0, 0.05) is 11.9 Å². The van der Waals surface area contributed by atoms with Crippen LogP contribution in [0.4, 0.5) is 0 Å². The van der Waals surface area contributed by atoms with E-state index in [1.165, 1.54) is 6.26 Å². The maximum Gasteiger partial charge on any atom is 0.219 e. The molecule has 14 heavy (non-hydrogen) atoms. The Hall–Kier alpha value is -1.84. The molecule has 0 saturated carbocycles. The van der Waals surface area contributed by atoms with Gasteiger partial charge < -0.3 is 4.42 Å². The number of aryl methyl sites for hydroxylation is 1. The smallest absolute Gasteiger partial charge is 0.219 e. The van der Waals surface area contributed by atoms with Gasteiger partial charge in [0.15, 0.2) is 5.76 Å². The molecule has 0 saturated heterocycles. The van der Waals surface area contributed by atoms with Crippen LogP contribution in [-0.4, -0.2) is 15.6 Å². The zero-order valence-corrected chi connectivity index (χ0v) is 7.80. The highest BCUT2D eigenvalue weighted by Gasteiger charge is 2.10. The summed E-state index contributed by atoms with van der Waals surface area (Å²) in [5.74, 6) is 0.307. The molecule has 0 amide bonds. The Morgan fingerprint density at radius 1 is 1.57 bits per heavy atom. The Kier molecular flexibility index (Phi) is 2.18. The molecule has 2 aromatic heterocycles. The van der Waals surface area contributed by atoms with Crippen molar-refractivity contribution in [3.8, 4) is 0 Å². The summed E-state index contributed by atoms with van der Waals surface area (Å²) >= 11 is 0. The molecule has 0 atom stereocenters. The number of Topliss-reactive ketones (excluding diaryl/α,β-unsaturated/α-hetero) is 1. The number of ketones is 1. The predicted octanol–water partition coefficient (Wildman–Crippen LogP) is 1.67. The van der Waals surface area contributed by atoms with Gasteiger partial charge in [0.05, 0.1) is 6.26 Å². The van der Waals surface area contributed by atoms with Crippen LogP contribution in [0, 0.1) is 6.92 Å². The molecule has 4 heteroatoms. The highest BCUT2D eigenvalue weighted by atomic mass is 16.3. The summed E-state index contributed by atoms with van der Waals surface area (Å²) in [5.41, 5.74) is 0.963. The van der Waals surface area contributed by atoms with Crippen LogP contribution in [0.2, 0.25) is 0 Å². The summed E-state index contributed by atoms with van der Waals surface area (Å²) in [4.78, 5) is 11.6. The van der Waals surface area contributed by atoms with Crippen LogP contribution >= 0.6 is 0 Å². The van der Waals surface area contributed by atoms with Gasteiger partial charge in [0.2, 0.25) is 5.78 Å². The molecule has 0 fully saturated rings. The van der Waals surface area contributed by atoms with Crippen molar-refractivity contribution in [2.24, 2.45) is 0 Å². The minimum absolute atomic E-state index is 0.0678. The fraction of sp³-hybridized carbons (Fsp3) is 0.200. The van der Waals surface area contributed by atoms with Crippen LogP contribution < -0.4 is 0 Å². The van der Waals surface area contributed by atoms with Gasteiger partial charge in [0.1, 0.15) is 6.54 Å². The maximum atomic E-state index is 11.6. The largest absolute Gasteiger partial charge is 0.461 e. The molecule has 2 heterocycles. The van der Waals surface area contributed by atoms with Crippen LogP contribution in [0.3, 0.4) is 0 Å². The van der Waals surface area contributed by atoms with E-state index in [9.17, 15) is 4.79 Å². The van der Waals surface area contributed by atoms with Gasteiger partial charge in [-0.25, -0.2) is 0 Å². The first-order chi connectivity index (χ1) is 6.77. The fourth-order valence-electron chi connectivity index (χ4n) is 1.22. The van der Waals surface area contributed by atoms with Crippen molar-refractivity contribution in [1.82, 2.24) is 9.78 Å². The molecular weight excluding hydrogens is 180 g/mol. The molecule has 0 aliphatic carbocycles. The van der Waals surface area contributed by atoms with Crippen LogP contribution in [0.5, 0.6) is 0 Å². The molecule has 72 valence electrons. The van der Waals surface area contributed by atoms with E-state index in [-0.39, 0.29) is 12.3 Å². The molecule has 2 aromatic rings. The number of aromatic nitrogens is 2. The van der Waals surface area contributed by atoms with E-state index in [2.05, 4.69) is 5.10 Å². The fourth-order valence-corrected chi connectivity index (χ4v) is 1.22. The van der Waals surface area contributed by atoms with E-state index in [1.807, 2.05) is 13.0 Å². The van der Waals surface area contributed by atoms with Crippen LogP contribution in [0.25, 0.3) is 0 Å². The highest BCUT2D eigenvalue weighted by molar-refractivity contribution is 5.93. The Bertz CT molecular complexity index is 429. The molecule has 0 aromatic carbocycles. The van der Waals surface area contributed by atoms with E-state index in [0.717, 1.165) is 5.69 Å². The minimum atomic E-state index is -0.0678. The lowest BCUT2D eigenvalue weighted by molar-refractivity contribution is 0.0939. The van der Waals surface area contributed by atoms with Gasteiger partial charge in [0.25, 0.3) is 0 Å². The Morgan fingerprint density at radius 3 is 3.00 bits per heavy atom. The van der Waals surface area contributed by atoms with Gasteiger partial charge in [-0.2, -0.15) is 5.10 Å². The zero-order chi connectivity index (χ0) is 9.97. The standard InChI is InChI=1S/C10H10N2O2/c1-8-4-5-11-12(8)7-9(13)10-3-2-6-14-10/h2-6H,7H2,1H3. The predicted molar refractivity (Wildman–Crippen MR) is 50.0 cm³/mol. The Labute approximate surface area is 81.1 Å². The first kappa shape index (κ1) is 8.74. The third kappa shape index (κ3) is 1.59.